The number of amides is 3. The van der Waals surface area contributed by atoms with Crippen LogP contribution in [0.25, 0.3) is 0 Å². The Morgan fingerprint density at radius 2 is 1.75 bits per heavy atom. The Morgan fingerprint density at radius 1 is 1.07 bits per heavy atom. The van der Waals surface area contributed by atoms with Gasteiger partial charge in [-0.3, -0.25) is 4.79 Å². The molecule has 0 spiro atoms. The van der Waals surface area contributed by atoms with Gasteiger partial charge in [0.25, 0.3) is 0 Å². The molecule has 1 unspecified atom stereocenters. The third-order valence-electron chi connectivity index (χ3n) is 7.77. The third-order valence-corrected chi connectivity index (χ3v) is 8.05. The molecular weight excluding hydrogens is 537 g/mol. The standard InChI is InChI=1S/C30H39ClFN3O5/c1-5-35(29(38)39-24-12-10-23(32)11-13-24)26-19-34(18-25(26)20-6-8-22(31)9-7-20)27(36)21-14-16-33(17-15-21)28(37)40-30(2,3)4/h6,8-13,20-21,25-26H,5,7,14-19H2,1-4H3/t20?,25-,26+/m0/s1. The quantitative estimate of drug-likeness (QED) is 0.442. The molecule has 10 heteroatoms. The highest BCUT2D eigenvalue weighted by atomic mass is 35.5. The number of likely N-dealkylation sites (tertiary alicyclic amines) is 2. The minimum Gasteiger partial charge on any atom is -0.444 e. The smallest absolute Gasteiger partial charge is 0.415 e. The zero-order valence-corrected chi connectivity index (χ0v) is 24.4. The SMILES string of the molecule is CCN(C(=O)Oc1ccc(F)cc1)[C@@H]1CN(C(=O)C2CCN(C(=O)OC(C)(C)C)CC2)C[C@H]1C1C=CC(Cl)=CC1. The van der Waals surface area contributed by atoms with E-state index in [0.717, 1.165) is 6.42 Å². The van der Waals surface area contributed by atoms with Crippen molar-refractivity contribution < 1.29 is 28.2 Å². The highest BCUT2D eigenvalue weighted by molar-refractivity contribution is 6.31. The maximum Gasteiger partial charge on any atom is 0.415 e. The first-order valence-electron chi connectivity index (χ1n) is 14.0. The third kappa shape index (κ3) is 7.36. The topological polar surface area (TPSA) is 79.4 Å². The van der Waals surface area contributed by atoms with Crippen LogP contribution in [0.5, 0.6) is 5.75 Å². The Labute approximate surface area is 240 Å². The van der Waals surface area contributed by atoms with Crippen LogP contribution in [0.4, 0.5) is 14.0 Å². The molecule has 0 saturated carbocycles. The maximum atomic E-state index is 13.7. The highest BCUT2D eigenvalue weighted by Gasteiger charge is 2.45. The molecule has 1 aromatic rings. The van der Waals surface area contributed by atoms with Crippen molar-refractivity contribution in [1.82, 2.24) is 14.7 Å². The Morgan fingerprint density at radius 3 is 2.33 bits per heavy atom. The Hall–Kier alpha value is -3.07. The second-order valence-corrected chi connectivity index (χ2v) is 12.1. The second-order valence-electron chi connectivity index (χ2n) is 11.7. The number of allylic oxidation sites excluding steroid dienone is 4. The van der Waals surface area contributed by atoms with Crippen LogP contribution >= 0.6 is 11.6 Å². The van der Waals surface area contributed by atoms with Gasteiger partial charge in [-0.25, -0.2) is 14.0 Å². The van der Waals surface area contributed by atoms with Crippen molar-refractivity contribution >= 4 is 29.7 Å². The van der Waals surface area contributed by atoms with Gasteiger partial charge in [-0.15, -0.1) is 0 Å². The number of rotatable bonds is 5. The van der Waals surface area contributed by atoms with E-state index in [0.29, 0.717) is 50.6 Å². The molecule has 0 radical (unpaired) electrons. The number of ether oxygens (including phenoxy) is 2. The first-order chi connectivity index (χ1) is 18.9. The van der Waals surface area contributed by atoms with Gasteiger partial charge < -0.3 is 24.2 Å². The van der Waals surface area contributed by atoms with Crippen molar-refractivity contribution in [2.24, 2.45) is 17.8 Å². The van der Waals surface area contributed by atoms with Crippen LogP contribution in [0.2, 0.25) is 0 Å². The first-order valence-corrected chi connectivity index (χ1v) is 14.4. The second kappa shape index (κ2) is 12.6. The van der Waals surface area contributed by atoms with Gasteiger partial charge in [-0.2, -0.15) is 0 Å². The number of piperidine rings is 1. The van der Waals surface area contributed by atoms with Gasteiger partial charge in [0.05, 0.1) is 6.04 Å². The van der Waals surface area contributed by atoms with Crippen LogP contribution in [-0.4, -0.2) is 77.2 Å². The van der Waals surface area contributed by atoms with Crippen molar-refractivity contribution in [3.63, 3.8) is 0 Å². The monoisotopic (exact) mass is 575 g/mol. The summed E-state index contributed by atoms with van der Waals surface area (Å²) in [6.07, 6.45) is 6.87. The predicted molar refractivity (Wildman–Crippen MR) is 150 cm³/mol. The molecule has 0 aromatic heterocycles. The molecule has 2 saturated heterocycles. The van der Waals surface area contributed by atoms with Gasteiger partial charge in [0.1, 0.15) is 17.2 Å². The fourth-order valence-electron chi connectivity index (χ4n) is 5.73. The summed E-state index contributed by atoms with van der Waals surface area (Å²) in [6.45, 7) is 9.61. The summed E-state index contributed by atoms with van der Waals surface area (Å²) < 4.78 is 24.4. The van der Waals surface area contributed by atoms with Crippen molar-refractivity contribution in [1.29, 1.82) is 0 Å². The number of benzene rings is 1. The number of carbonyl (C=O) groups is 3. The molecule has 3 amide bonds. The van der Waals surface area contributed by atoms with Gasteiger partial charge >= 0.3 is 12.2 Å². The molecule has 3 atom stereocenters. The van der Waals surface area contributed by atoms with E-state index in [1.165, 1.54) is 24.3 Å². The zero-order valence-electron chi connectivity index (χ0n) is 23.6. The van der Waals surface area contributed by atoms with Crippen LogP contribution in [0.1, 0.15) is 47.0 Å². The fraction of sp³-hybridized carbons (Fsp3) is 0.567. The molecule has 3 aliphatic rings. The van der Waals surface area contributed by atoms with Crippen molar-refractivity contribution in [3.05, 3.63) is 53.3 Å². The lowest BCUT2D eigenvalue weighted by Gasteiger charge is -2.34. The zero-order chi connectivity index (χ0) is 29.0. The number of carbonyl (C=O) groups excluding carboxylic acids is 3. The molecule has 4 rings (SSSR count). The van der Waals surface area contributed by atoms with Gasteiger partial charge in [0.15, 0.2) is 0 Å². The van der Waals surface area contributed by atoms with E-state index in [-0.39, 0.29) is 41.5 Å². The van der Waals surface area contributed by atoms with Crippen LogP contribution in [0, 0.1) is 23.6 Å². The molecule has 0 N–H and O–H groups in total. The lowest BCUT2D eigenvalue weighted by Crippen LogP contribution is -2.48. The molecule has 40 heavy (non-hydrogen) atoms. The number of hydrogen-bond donors (Lipinski definition) is 0. The molecule has 2 aliphatic heterocycles. The van der Waals surface area contributed by atoms with Crippen LogP contribution in [-0.2, 0) is 9.53 Å². The van der Waals surface area contributed by atoms with E-state index >= 15 is 0 Å². The minimum absolute atomic E-state index is 0.0104. The van der Waals surface area contributed by atoms with Crippen molar-refractivity contribution in [2.75, 3.05) is 32.7 Å². The lowest BCUT2D eigenvalue weighted by molar-refractivity contribution is -0.136. The fourth-order valence-corrected chi connectivity index (χ4v) is 5.89. The number of hydrogen-bond acceptors (Lipinski definition) is 5. The van der Waals surface area contributed by atoms with E-state index in [9.17, 15) is 18.8 Å². The summed E-state index contributed by atoms with van der Waals surface area (Å²) in [7, 11) is 0. The van der Waals surface area contributed by atoms with E-state index in [4.69, 9.17) is 21.1 Å². The van der Waals surface area contributed by atoms with E-state index < -0.39 is 17.5 Å². The average molecular weight is 576 g/mol. The Kier molecular flexibility index (Phi) is 9.44. The minimum atomic E-state index is -0.570. The summed E-state index contributed by atoms with van der Waals surface area (Å²) in [6, 6.07) is 5.07. The molecule has 1 aliphatic carbocycles. The number of likely N-dealkylation sites (N-methyl/N-ethyl adjacent to an activating group) is 1. The van der Waals surface area contributed by atoms with Gasteiger partial charge in [0.2, 0.25) is 5.91 Å². The number of halogens is 2. The van der Waals surface area contributed by atoms with E-state index in [1.54, 1.807) is 9.80 Å². The largest absolute Gasteiger partial charge is 0.444 e. The molecule has 2 heterocycles. The van der Waals surface area contributed by atoms with Crippen LogP contribution in [0.3, 0.4) is 0 Å². The summed E-state index contributed by atoms with van der Waals surface area (Å²) in [4.78, 5) is 44.7. The summed E-state index contributed by atoms with van der Waals surface area (Å²) in [5.41, 5.74) is -0.570. The molecule has 1 aromatic carbocycles. The maximum absolute atomic E-state index is 13.7. The average Bonchev–Trinajstić information content (AvgIpc) is 3.34. The molecule has 218 valence electrons. The van der Waals surface area contributed by atoms with Crippen molar-refractivity contribution in [2.45, 2.75) is 58.6 Å². The number of nitrogens with zero attached hydrogens (tertiary/aromatic N) is 3. The first kappa shape index (κ1) is 29.9. The van der Waals surface area contributed by atoms with Crippen LogP contribution in [0.15, 0.2) is 47.5 Å². The summed E-state index contributed by atoms with van der Waals surface area (Å²) in [5.74, 6) is -0.208. The van der Waals surface area contributed by atoms with Gasteiger partial charge in [-0.1, -0.05) is 23.8 Å². The Bertz CT molecular complexity index is 1140. The molecule has 0 bridgehead atoms. The van der Waals surface area contributed by atoms with E-state index in [2.05, 4.69) is 6.08 Å². The van der Waals surface area contributed by atoms with Crippen molar-refractivity contribution in [3.8, 4) is 5.75 Å². The lowest BCUT2D eigenvalue weighted by atomic mass is 9.83. The van der Waals surface area contributed by atoms with E-state index in [1.807, 2.05) is 44.7 Å². The normalized spacial score (nSPS) is 23.6. The highest BCUT2D eigenvalue weighted by Crippen LogP contribution is 2.36. The predicted octanol–water partition coefficient (Wildman–Crippen LogP) is 5.82. The van der Waals surface area contributed by atoms with Gasteiger partial charge in [0, 0.05) is 49.6 Å². The van der Waals surface area contributed by atoms with Gasteiger partial charge in [-0.05, 0) is 83.2 Å². The Balaban J connectivity index is 1.45. The van der Waals surface area contributed by atoms with Crippen LogP contribution < -0.4 is 4.74 Å². The summed E-state index contributed by atoms with van der Waals surface area (Å²) in [5, 5.41) is 0.679. The summed E-state index contributed by atoms with van der Waals surface area (Å²) >= 11 is 6.18. The molecule has 2 fully saturated rings. The molecular formula is C30H39ClFN3O5. The molecule has 8 nitrogen and oxygen atoms in total.